The highest BCUT2D eigenvalue weighted by molar-refractivity contribution is 7.96. The fraction of sp³-hybridized carbons (Fsp3) is 0.316. The van der Waals surface area contributed by atoms with Gasteiger partial charge in [-0.2, -0.15) is 0 Å². The summed E-state index contributed by atoms with van der Waals surface area (Å²) < 4.78 is 48.4. The number of hydrogen-bond donors (Lipinski definition) is 0. The summed E-state index contributed by atoms with van der Waals surface area (Å²) in [6, 6.07) is 15.3. The fourth-order valence-corrected chi connectivity index (χ4v) is 7.49. The van der Waals surface area contributed by atoms with Gasteiger partial charge in [-0.3, -0.25) is 4.79 Å². The molecule has 3 rings (SSSR count). The van der Waals surface area contributed by atoms with Gasteiger partial charge in [-0.15, -0.1) is 0 Å². The minimum Gasteiger partial charge on any atom is -0.337 e. The van der Waals surface area contributed by atoms with Gasteiger partial charge < -0.3 is 4.90 Å². The number of sulfone groups is 2. The number of benzene rings is 2. The number of rotatable bonds is 5. The minimum absolute atomic E-state index is 0.0480. The largest absolute Gasteiger partial charge is 0.337 e. The highest BCUT2D eigenvalue weighted by Gasteiger charge is 2.38. The van der Waals surface area contributed by atoms with Crippen LogP contribution in [0.4, 0.5) is 0 Å². The van der Waals surface area contributed by atoms with Gasteiger partial charge in [0.2, 0.25) is 0 Å². The Hall–Kier alpha value is -2.19. The van der Waals surface area contributed by atoms with Gasteiger partial charge in [-0.05, 0) is 36.2 Å². The van der Waals surface area contributed by atoms with Crippen molar-refractivity contribution in [3.63, 3.8) is 0 Å². The Morgan fingerprint density at radius 2 is 1.70 bits per heavy atom. The van der Waals surface area contributed by atoms with E-state index < -0.39 is 24.9 Å². The molecule has 1 saturated heterocycles. The van der Waals surface area contributed by atoms with Gasteiger partial charge in [-0.25, -0.2) is 16.8 Å². The Bertz CT molecular complexity index is 1030. The lowest BCUT2D eigenvalue weighted by Crippen LogP contribution is -2.26. The van der Waals surface area contributed by atoms with Crippen molar-refractivity contribution in [2.75, 3.05) is 18.6 Å². The van der Waals surface area contributed by atoms with E-state index in [0.29, 0.717) is 12.1 Å². The average molecular weight is 408 g/mol. The first kappa shape index (κ1) is 19.6. The summed E-state index contributed by atoms with van der Waals surface area (Å²) >= 11 is 0. The predicted molar refractivity (Wildman–Crippen MR) is 103 cm³/mol. The maximum atomic E-state index is 12.6. The molecule has 1 amide bonds. The van der Waals surface area contributed by atoms with Crippen molar-refractivity contribution >= 4 is 25.6 Å². The summed E-state index contributed by atoms with van der Waals surface area (Å²) in [5, 5.41) is -0.912. The molecule has 0 saturated carbocycles. The van der Waals surface area contributed by atoms with Gasteiger partial charge >= 0.3 is 0 Å². The van der Waals surface area contributed by atoms with Crippen molar-refractivity contribution in [2.24, 2.45) is 0 Å². The number of carbonyl (C=O) groups is 1. The molecular formula is C19H21NO5S2. The van der Waals surface area contributed by atoms with Crippen LogP contribution in [0, 0.1) is 0 Å². The third kappa shape index (κ3) is 4.39. The zero-order valence-electron chi connectivity index (χ0n) is 14.9. The van der Waals surface area contributed by atoms with Crippen LogP contribution in [0.2, 0.25) is 0 Å². The Kier molecular flexibility index (Phi) is 5.39. The van der Waals surface area contributed by atoms with Crippen LogP contribution in [-0.4, -0.2) is 51.4 Å². The highest BCUT2D eigenvalue weighted by atomic mass is 32.2. The first-order valence-electron chi connectivity index (χ1n) is 8.53. The normalized spacial score (nSPS) is 18.9. The smallest absolute Gasteiger partial charge is 0.253 e. The summed E-state index contributed by atoms with van der Waals surface area (Å²) in [7, 11) is -5.33. The Morgan fingerprint density at radius 3 is 2.26 bits per heavy atom. The Balaban J connectivity index is 1.74. The standard InChI is InChI=1S/C19H21NO5S2/c1-20(13-15-5-3-2-4-6-15)19(21)16-7-9-17(10-8-16)27(24,25)18-11-12-26(22,23)14-18/h2-10,18H,11-14H2,1H3/t18-/m1/s1. The summed E-state index contributed by atoms with van der Waals surface area (Å²) in [5.41, 5.74) is 1.38. The predicted octanol–water partition coefficient (Wildman–Crippen LogP) is 1.92. The highest BCUT2D eigenvalue weighted by Crippen LogP contribution is 2.25. The van der Waals surface area contributed by atoms with Crippen LogP contribution in [0.15, 0.2) is 59.5 Å². The zero-order valence-corrected chi connectivity index (χ0v) is 16.5. The molecule has 1 atom stereocenters. The van der Waals surface area contributed by atoms with E-state index in [4.69, 9.17) is 0 Å². The second kappa shape index (κ2) is 7.44. The monoisotopic (exact) mass is 407 g/mol. The molecule has 144 valence electrons. The van der Waals surface area contributed by atoms with Gasteiger partial charge in [0, 0.05) is 19.2 Å². The van der Waals surface area contributed by atoms with E-state index in [0.717, 1.165) is 5.56 Å². The summed E-state index contributed by atoms with van der Waals surface area (Å²) in [4.78, 5) is 14.2. The molecule has 0 spiro atoms. The maximum Gasteiger partial charge on any atom is 0.253 e. The molecule has 1 aliphatic rings. The SMILES string of the molecule is CN(Cc1ccccc1)C(=O)c1ccc(S(=O)(=O)[C@@H]2CCS(=O)(=O)C2)cc1. The molecule has 0 N–H and O–H groups in total. The van der Waals surface area contributed by atoms with Gasteiger partial charge in [0.05, 0.1) is 21.7 Å². The number of amides is 1. The van der Waals surface area contributed by atoms with Crippen LogP contribution in [0.3, 0.4) is 0 Å². The molecule has 1 aliphatic heterocycles. The molecular weight excluding hydrogens is 386 g/mol. The number of carbonyl (C=O) groups excluding carboxylic acids is 1. The number of nitrogens with zero attached hydrogens (tertiary/aromatic N) is 1. The summed E-state index contributed by atoms with van der Waals surface area (Å²) in [6.45, 7) is 0.444. The summed E-state index contributed by atoms with van der Waals surface area (Å²) in [5.74, 6) is -0.653. The third-order valence-corrected chi connectivity index (χ3v) is 8.86. The fourth-order valence-electron chi connectivity index (χ4n) is 3.13. The molecule has 0 aliphatic carbocycles. The topological polar surface area (TPSA) is 88.6 Å². The van der Waals surface area contributed by atoms with Gasteiger partial charge in [0.1, 0.15) is 0 Å². The molecule has 6 nitrogen and oxygen atoms in total. The van der Waals surface area contributed by atoms with Crippen molar-refractivity contribution in [3.8, 4) is 0 Å². The summed E-state index contributed by atoms with van der Waals surface area (Å²) in [6.07, 6.45) is 0.116. The first-order valence-corrected chi connectivity index (χ1v) is 11.9. The second-order valence-corrected chi connectivity index (χ2v) is 11.2. The van der Waals surface area contributed by atoms with Crippen LogP contribution in [0.5, 0.6) is 0 Å². The van der Waals surface area contributed by atoms with Crippen LogP contribution < -0.4 is 0 Å². The molecule has 0 radical (unpaired) electrons. The first-order chi connectivity index (χ1) is 12.7. The lowest BCUT2D eigenvalue weighted by atomic mass is 10.1. The van der Waals surface area contributed by atoms with E-state index in [9.17, 15) is 21.6 Å². The van der Waals surface area contributed by atoms with Crippen LogP contribution in [0.25, 0.3) is 0 Å². The Labute approximate surface area is 159 Å². The van der Waals surface area contributed by atoms with Crippen molar-refractivity contribution in [1.82, 2.24) is 4.90 Å². The molecule has 2 aromatic carbocycles. The zero-order chi connectivity index (χ0) is 19.7. The third-order valence-electron chi connectivity index (χ3n) is 4.67. The molecule has 0 bridgehead atoms. The molecule has 8 heteroatoms. The van der Waals surface area contributed by atoms with Crippen molar-refractivity contribution < 1.29 is 21.6 Å². The molecule has 0 unspecified atom stereocenters. The van der Waals surface area contributed by atoms with Crippen LogP contribution >= 0.6 is 0 Å². The average Bonchev–Trinajstić information content (AvgIpc) is 3.02. The molecule has 0 aromatic heterocycles. The molecule has 1 heterocycles. The van der Waals surface area contributed by atoms with Gasteiger partial charge in [0.15, 0.2) is 19.7 Å². The van der Waals surface area contributed by atoms with Crippen LogP contribution in [0.1, 0.15) is 22.3 Å². The van der Waals surface area contributed by atoms with Crippen molar-refractivity contribution in [3.05, 3.63) is 65.7 Å². The van der Waals surface area contributed by atoms with Crippen molar-refractivity contribution in [1.29, 1.82) is 0 Å². The lowest BCUT2D eigenvalue weighted by Gasteiger charge is -2.18. The lowest BCUT2D eigenvalue weighted by molar-refractivity contribution is 0.0785. The maximum absolute atomic E-state index is 12.6. The van der Waals surface area contributed by atoms with E-state index in [1.54, 1.807) is 11.9 Å². The van der Waals surface area contributed by atoms with Gasteiger partial charge in [-0.1, -0.05) is 30.3 Å². The van der Waals surface area contributed by atoms with E-state index in [1.807, 2.05) is 30.3 Å². The number of hydrogen-bond acceptors (Lipinski definition) is 5. The quantitative estimate of drug-likeness (QED) is 0.756. The molecule has 27 heavy (non-hydrogen) atoms. The van der Waals surface area contributed by atoms with Crippen molar-refractivity contribution in [2.45, 2.75) is 23.1 Å². The van der Waals surface area contributed by atoms with E-state index >= 15 is 0 Å². The second-order valence-electron chi connectivity index (χ2n) is 6.74. The van der Waals surface area contributed by atoms with E-state index in [2.05, 4.69) is 0 Å². The van der Waals surface area contributed by atoms with E-state index in [1.165, 1.54) is 24.3 Å². The van der Waals surface area contributed by atoms with E-state index in [-0.39, 0.29) is 28.7 Å². The molecule has 2 aromatic rings. The van der Waals surface area contributed by atoms with Gasteiger partial charge in [0.25, 0.3) is 5.91 Å². The minimum atomic E-state index is -3.73. The molecule has 1 fully saturated rings. The van der Waals surface area contributed by atoms with Crippen LogP contribution in [-0.2, 0) is 26.2 Å². The Morgan fingerprint density at radius 1 is 1.07 bits per heavy atom.